The maximum Gasteiger partial charge on any atom is 0.269 e. The largest absolute Gasteiger partial charge is 0.485 e. The van der Waals surface area contributed by atoms with E-state index in [2.05, 4.69) is 4.98 Å². The van der Waals surface area contributed by atoms with Crippen molar-refractivity contribution in [3.8, 4) is 17.0 Å². The van der Waals surface area contributed by atoms with Gasteiger partial charge in [0.1, 0.15) is 6.61 Å². The van der Waals surface area contributed by atoms with Crippen molar-refractivity contribution in [3.05, 3.63) is 93.8 Å². The van der Waals surface area contributed by atoms with Crippen LogP contribution >= 0.6 is 11.6 Å². The molecule has 2 aromatic carbocycles. The fourth-order valence-corrected chi connectivity index (χ4v) is 2.86. The van der Waals surface area contributed by atoms with Crippen LogP contribution in [0.15, 0.2) is 73.1 Å². The SMILES string of the molecule is O=[N+]([O-])c1ccc(-c2cn3cccc(OCc4ccc(Cl)cc4)c3n2)cc1. The lowest BCUT2D eigenvalue weighted by Crippen LogP contribution is -1.97. The number of nitrogens with zero attached hydrogens (tertiary/aromatic N) is 3. The standard InChI is InChI=1S/C20H14ClN3O3/c21-16-7-3-14(4-8-16)13-27-19-2-1-11-23-12-18(22-20(19)23)15-5-9-17(10-6-15)24(25)26/h1-12H,13H2. The maximum atomic E-state index is 10.8. The molecule has 27 heavy (non-hydrogen) atoms. The molecule has 0 bridgehead atoms. The first-order chi connectivity index (χ1) is 13.1. The van der Waals surface area contributed by atoms with Crippen LogP contribution in [0.25, 0.3) is 16.9 Å². The van der Waals surface area contributed by atoms with E-state index in [4.69, 9.17) is 16.3 Å². The molecule has 7 heteroatoms. The smallest absolute Gasteiger partial charge is 0.269 e. The summed E-state index contributed by atoms with van der Waals surface area (Å²) in [6.45, 7) is 0.399. The average molecular weight is 380 g/mol. The number of nitro groups is 1. The molecule has 0 aliphatic heterocycles. The van der Waals surface area contributed by atoms with Crippen LogP contribution in [0.3, 0.4) is 0 Å². The average Bonchev–Trinajstić information content (AvgIpc) is 3.12. The van der Waals surface area contributed by atoms with Crippen LogP contribution in [0.2, 0.25) is 5.02 Å². The Morgan fingerprint density at radius 2 is 1.81 bits per heavy atom. The second-order valence-electron chi connectivity index (χ2n) is 5.95. The number of ether oxygens (including phenoxy) is 1. The highest BCUT2D eigenvalue weighted by atomic mass is 35.5. The van der Waals surface area contributed by atoms with Gasteiger partial charge in [0.25, 0.3) is 5.69 Å². The zero-order valence-corrected chi connectivity index (χ0v) is 14.8. The number of non-ortho nitro benzene ring substituents is 1. The fraction of sp³-hybridized carbons (Fsp3) is 0.0500. The van der Waals surface area contributed by atoms with Crippen molar-refractivity contribution in [1.82, 2.24) is 9.38 Å². The van der Waals surface area contributed by atoms with Gasteiger partial charge in [-0.15, -0.1) is 0 Å². The number of aromatic nitrogens is 2. The number of pyridine rings is 1. The normalized spacial score (nSPS) is 10.9. The minimum Gasteiger partial charge on any atom is -0.485 e. The number of hydrogen-bond donors (Lipinski definition) is 0. The molecule has 2 heterocycles. The highest BCUT2D eigenvalue weighted by Gasteiger charge is 2.11. The molecule has 2 aromatic heterocycles. The molecule has 0 spiro atoms. The highest BCUT2D eigenvalue weighted by molar-refractivity contribution is 6.30. The summed E-state index contributed by atoms with van der Waals surface area (Å²) in [5.74, 6) is 0.653. The minimum absolute atomic E-state index is 0.0505. The quantitative estimate of drug-likeness (QED) is 0.355. The zero-order chi connectivity index (χ0) is 18.8. The molecule has 0 unspecified atom stereocenters. The number of halogens is 1. The van der Waals surface area contributed by atoms with Crippen molar-refractivity contribution in [2.24, 2.45) is 0 Å². The molecule has 0 N–H and O–H groups in total. The molecule has 6 nitrogen and oxygen atoms in total. The molecule has 0 fully saturated rings. The van der Waals surface area contributed by atoms with Gasteiger partial charge in [-0.25, -0.2) is 4.98 Å². The Bertz CT molecular complexity index is 1110. The molecule has 0 saturated carbocycles. The van der Waals surface area contributed by atoms with E-state index in [1.807, 2.05) is 53.2 Å². The van der Waals surface area contributed by atoms with Gasteiger partial charge in [-0.3, -0.25) is 10.1 Å². The Balaban J connectivity index is 1.61. The van der Waals surface area contributed by atoms with E-state index in [0.29, 0.717) is 28.7 Å². The predicted molar refractivity (Wildman–Crippen MR) is 103 cm³/mol. The minimum atomic E-state index is -0.420. The fourth-order valence-electron chi connectivity index (χ4n) is 2.73. The summed E-state index contributed by atoms with van der Waals surface area (Å²) in [6.07, 6.45) is 3.75. The molecular weight excluding hydrogens is 366 g/mol. The van der Waals surface area contributed by atoms with Crippen LogP contribution in [0.1, 0.15) is 5.56 Å². The van der Waals surface area contributed by atoms with Crippen molar-refractivity contribution in [2.45, 2.75) is 6.61 Å². The van der Waals surface area contributed by atoms with E-state index < -0.39 is 4.92 Å². The lowest BCUT2D eigenvalue weighted by atomic mass is 10.1. The Hall–Kier alpha value is -3.38. The van der Waals surface area contributed by atoms with Crippen LogP contribution in [-0.2, 0) is 6.61 Å². The third-order valence-corrected chi connectivity index (χ3v) is 4.38. The number of fused-ring (bicyclic) bond motifs is 1. The monoisotopic (exact) mass is 379 g/mol. The van der Waals surface area contributed by atoms with E-state index in [1.54, 1.807) is 12.1 Å². The predicted octanol–water partition coefficient (Wildman–Crippen LogP) is 5.14. The highest BCUT2D eigenvalue weighted by Crippen LogP contribution is 2.26. The number of rotatable bonds is 5. The van der Waals surface area contributed by atoms with Crippen LogP contribution in [-0.4, -0.2) is 14.3 Å². The van der Waals surface area contributed by atoms with Gasteiger partial charge >= 0.3 is 0 Å². The van der Waals surface area contributed by atoms with Gasteiger partial charge in [0.05, 0.1) is 10.6 Å². The number of nitro benzene ring substituents is 1. The third kappa shape index (κ3) is 3.61. The van der Waals surface area contributed by atoms with Gasteiger partial charge in [-0.2, -0.15) is 0 Å². The first kappa shape index (κ1) is 17.1. The lowest BCUT2D eigenvalue weighted by Gasteiger charge is -2.07. The Labute approximate surface area is 159 Å². The van der Waals surface area contributed by atoms with Crippen molar-refractivity contribution >= 4 is 22.9 Å². The Morgan fingerprint density at radius 3 is 2.52 bits per heavy atom. The lowest BCUT2D eigenvalue weighted by molar-refractivity contribution is -0.384. The first-order valence-corrected chi connectivity index (χ1v) is 8.58. The van der Waals surface area contributed by atoms with Gasteiger partial charge < -0.3 is 9.14 Å². The van der Waals surface area contributed by atoms with Crippen molar-refractivity contribution in [3.63, 3.8) is 0 Å². The molecule has 0 radical (unpaired) electrons. The van der Waals surface area contributed by atoms with E-state index >= 15 is 0 Å². The van der Waals surface area contributed by atoms with Crippen LogP contribution < -0.4 is 4.74 Å². The second kappa shape index (κ2) is 7.09. The van der Waals surface area contributed by atoms with E-state index in [9.17, 15) is 10.1 Å². The zero-order valence-electron chi connectivity index (χ0n) is 14.1. The molecule has 0 saturated heterocycles. The van der Waals surface area contributed by atoms with E-state index in [1.165, 1.54) is 12.1 Å². The third-order valence-electron chi connectivity index (χ3n) is 4.13. The van der Waals surface area contributed by atoms with Crippen LogP contribution in [0.5, 0.6) is 5.75 Å². The summed E-state index contributed by atoms with van der Waals surface area (Å²) < 4.78 is 7.80. The van der Waals surface area contributed by atoms with Gasteiger partial charge in [0.2, 0.25) is 0 Å². The van der Waals surface area contributed by atoms with E-state index in [0.717, 1.165) is 11.1 Å². The molecule has 4 rings (SSSR count). The summed E-state index contributed by atoms with van der Waals surface area (Å²) in [5.41, 5.74) is 3.25. The molecule has 0 aliphatic rings. The van der Waals surface area contributed by atoms with Crippen LogP contribution in [0.4, 0.5) is 5.69 Å². The molecule has 134 valence electrons. The molecule has 4 aromatic rings. The van der Waals surface area contributed by atoms with E-state index in [-0.39, 0.29) is 5.69 Å². The molecule has 0 atom stereocenters. The summed E-state index contributed by atoms with van der Waals surface area (Å²) in [6, 6.07) is 17.5. The summed E-state index contributed by atoms with van der Waals surface area (Å²) in [4.78, 5) is 15.0. The Morgan fingerprint density at radius 1 is 1.07 bits per heavy atom. The van der Waals surface area contributed by atoms with Gasteiger partial charge in [0.15, 0.2) is 11.4 Å². The maximum absolute atomic E-state index is 10.8. The number of hydrogen-bond acceptors (Lipinski definition) is 4. The second-order valence-corrected chi connectivity index (χ2v) is 6.39. The molecule has 0 aliphatic carbocycles. The van der Waals surface area contributed by atoms with Crippen molar-refractivity contribution in [1.29, 1.82) is 0 Å². The molecular formula is C20H14ClN3O3. The van der Waals surface area contributed by atoms with Gasteiger partial charge in [-0.1, -0.05) is 23.7 Å². The first-order valence-electron chi connectivity index (χ1n) is 8.20. The van der Waals surface area contributed by atoms with Gasteiger partial charge in [-0.05, 0) is 42.0 Å². The topological polar surface area (TPSA) is 69.7 Å². The Kier molecular flexibility index (Phi) is 4.48. The van der Waals surface area contributed by atoms with Gasteiger partial charge in [0, 0.05) is 35.1 Å². The molecule has 0 amide bonds. The summed E-state index contributed by atoms with van der Waals surface area (Å²) >= 11 is 5.90. The van der Waals surface area contributed by atoms with Crippen molar-refractivity contribution in [2.75, 3.05) is 0 Å². The number of benzene rings is 2. The summed E-state index contributed by atoms with van der Waals surface area (Å²) in [7, 11) is 0. The van der Waals surface area contributed by atoms with Crippen LogP contribution in [0, 0.1) is 10.1 Å². The number of imidazole rings is 1. The summed E-state index contributed by atoms with van der Waals surface area (Å²) in [5, 5.41) is 11.5. The van der Waals surface area contributed by atoms with Crippen molar-refractivity contribution < 1.29 is 9.66 Å².